The molecule has 1 aromatic carbocycles. The normalized spacial score (nSPS) is 22.6. The summed E-state index contributed by atoms with van der Waals surface area (Å²) in [6.45, 7) is 6.07. The fraction of sp³-hybridized carbons (Fsp3) is 0.467. The molecular weight excluding hydrogens is 572 g/mol. The number of nitrogens with zero attached hydrogens (tertiary/aromatic N) is 2. The van der Waals surface area contributed by atoms with E-state index in [0.717, 1.165) is 0 Å². The Hall–Kier alpha value is -4.42. The zero-order valence-electron chi connectivity index (χ0n) is 25.2. The maximum Gasteiger partial charge on any atom is 0.323 e. The molecule has 1 amide bonds. The zero-order valence-corrected chi connectivity index (χ0v) is 25.2. The molecule has 14 nitrogen and oxygen atoms in total. The maximum atomic E-state index is 12.8. The first-order chi connectivity index (χ1) is 20.8. The number of aromatic amines is 1. The Kier molecular flexibility index (Phi) is 11.1. The Morgan fingerprint density at radius 1 is 1.27 bits per heavy atom. The summed E-state index contributed by atoms with van der Waals surface area (Å²) >= 11 is 0. The molecule has 44 heavy (non-hydrogen) atoms. The molecule has 0 radical (unpaired) electrons. The van der Waals surface area contributed by atoms with Crippen LogP contribution in [0.1, 0.15) is 44.6 Å². The number of aliphatic imine (C=N–C) groups is 1. The highest BCUT2D eigenvalue weighted by atomic mass is 16.6. The molecule has 5 atom stereocenters. The number of esters is 2. The van der Waals surface area contributed by atoms with Crippen LogP contribution in [0.4, 0.5) is 0 Å². The molecule has 0 bridgehead atoms. The minimum Gasteiger partial charge on any atom is -0.463 e. The Labute approximate surface area is 255 Å². The number of amides is 1. The number of H-pyrrole nitrogens is 1. The molecule has 236 valence electrons. The molecule has 0 unspecified atom stereocenters. The molecule has 2 aromatic rings. The van der Waals surface area contributed by atoms with Crippen LogP contribution in [0.2, 0.25) is 0 Å². The van der Waals surface area contributed by atoms with E-state index in [9.17, 15) is 24.8 Å². The molecule has 1 aliphatic rings. The zero-order chi connectivity index (χ0) is 32.7. The number of aliphatic hydroxyl groups excluding tert-OH is 1. The minimum atomic E-state index is -2.13. The summed E-state index contributed by atoms with van der Waals surface area (Å²) in [5.74, 6) is -2.36. The number of nitrogens with two attached hydrogens (primary N) is 1. The monoisotopic (exact) mass is 610 g/mol. The van der Waals surface area contributed by atoms with Crippen LogP contribution in [-0.2, 0) is 45.4 Å². The Bertz CT molecular complexity index is 1420. The lowest BCUT2D eigenvalue weighted by molar-refractivity contribution is -0.162. The van der Waals surface area contributed by atoms with Gasteiger partial charge in [0.2, 0.25) is 5.60 Å². The van der Waals surface area contributed by atoms with E-state index in [2.05, 4.69) is 15.3 Å². The number of benzene rings is 1. The van der Waals surface area contributed by atoms with Crippen molar-refractivity contribution in [3.8, 4) is 6.07 Å². The van der Waals surface area contributed by atoms with Gasteiger partial charge >= 0.3 is 11.9 Å². The first kappa shape index (κ1) is 34.1. The summed E-state index contributed by atoms with van der Waals surface area (Å²) in [6.07, 6.45) is -3.78. The van der Waals surface area contributed by atoms with Gasteiger partial charge in [0.1, 0.15) is 42.9 Å². The summed E-state index contributed by atoms with van der Waals surface area (Å²) in [5.41, 5.74) is 3.51. The number of hydrogen-bond acceptors (Lipinski definition) is 11. The van der Waals surface area contributed by atoms with Crippen LogP contribution in [0.3, 0.4) is 0 Å². The minimum absolute atomic E-state index is 0.0211. The number of carbonyl (C=O) groups excluding carboxylic acids is 3. The van der Waals surface area contributed by atoms with Gasteiger partial charge in [-0.3, -0.25) is 19.8 Å². The number of ether oxygens (including phenoxy) is 4. The maximum absolute atomic E-state index is 12.8. The third-order valence-electron chi connectivity index (χ3n) is 7.26. The van der Waals surface area contributed by atoms with Gasteiger partial charge in [-0.2, -0.15) is 5.26 Å². The number of carbonyl (C=O) groups is 3. The molecule has 1 saturated heterocycles. The number of aliphatic hydroxyl groups is 1. The van der Waals surface area contributed by atoms with Gasteiger partial charge in [0.25, 0.3) is 5.91 Å². The average Bonchev–Trinajstić information content (AvgIpc) is 3.59. The molecule has 6 N–H and O–H groups in total. The number of nitriles is 1. The quantitative estimate of drug-likeness (QED) is 0.131. The van der Waals surface area contributed by atoms with Crippen LogP contribution < -0.4 is 11.1 Å². The Morgan fingerprint density at radius 2 is 1.95 bits per heavy atom. The van der Waals surface area contributed by atoms with Gasteiger partial charge < -0.3 is 40.1 Å². The number of rotatable bonds is 12. The van der Waals surface area contributed by atoms with Crippen LogP contribution >= 0.6 is 0 Å². The van der Waals surface area contributed by atoms with Crippen molar-refractivity contribution >= 4 is 30.0 Å². The van der Waals surface area contributed by atoms with Crippen LogP contribution in [0.15, 0.2) is 47.5 Å². The number of methoxy groups -OCH3 is 1. The van der Waals surface area contributed by atoms with Gasteiger partial charge in [0.15, 0.2) is 11.9 Å². The lowest BCUT2D eigenvalue weighted by Gasteiger charge is -2.25. The number of amidine groups is 1. The van der Waals surface area contributed by atoms with E-state index in [-0.39, 0.29) is 29.6 Å². The van der Waals surface area contributed by atoms with Crippen molar-refractivity contribution in [2.75, 3.05) is 13.7 Å². The number of hydrogen-bond donors (Lipinski definition) is 5. The van der Waals surface area contributed by atoms with Crippen molar-refractivity contribution < 1.29 is 38.4 Å². The smallest absolute Gasteiger partial charge is 0.323 e. The van der Waals surface area contributed by atoms with Crippen LogP contribution in [-0.4, -0.2) is 83.8 Å². The van der Waals surface area contributed by atoms with Gasteiger partial charge in [-0.05, 0) is 37.5 Å². The summed E-state index contributed by atoms with van der Waals surface area (Å²) in [7, 11) is 1.36. The molecular formula is C30H38N6O8. The third-order valence-corrected chi connectivity index (χ3v) is 7.26. The van der Waals surface area contributed by atoms with Crippen LogP contribution in [0.25, 0.3) is 0 Å². The molecule has 0 spiro atoms. The highest BCUT2D eigenvalue weighted by molar-refractivity contribution is 6.10. The molecule has 0 aliphatic carbocycles. The van der Waals surface area contributed by atoms with Gasteiger partial charge in [-0.15, -0.1) is 0 Å². The Balaban J connectivity index is 1.91. The van der Waals surface area contributed by atoms with Crippen molar-refractivity contribution in [2.45, 2.75) is 69.7 Å². The number of aromatic nitrogens is 1. The molecule has 2 heterocycles. The van der Waals surface area contributed by atoms with E-state index in [4.69, 9.17) is 30.1 Å². The van der Waals surface area contributed by atoms with Crippen LogP contribution in [0.5, 0.6) is 0 Å². The predicted octanol–water partition coefficient (Wildman–Crippen LogP) is 1.07. The van der Waals surface area contributed by atoms with E-state index >= 15 is 0 Å². The van der Waals surface area contributed by atoms with Gasteiger partial charge in [-0.25, -0.2) is 4.99 Å². The first-order valence-corrected chi connectivity index (χ1v) is 13.9. The van der Waals surface area contributed by atoms with E-state index in [1.807, 2.05) is 12.1 Å². The molecule has 1 fully saturated rings. The number of nitrogens with one attached hydrogen (secondary N) is 3. The van der Waals surface area contributed by atoms with Crippen molar-refractivity contribution in [3.63, 3.8) is 0 Å². The second-order valence-electron chi connectivity index (χ2n) is 11.0. The van der Waals surface area contributed by atoms with Gasteiger partial charge in [-0.1, -0.05) is 44.2 Å². The first-order valence-electron chi connectivity index (χ1n) is 13.9. The third kappa shape index (κ3) is 7.56. The van der Waals surface area contributed by atoms with E-state index in [1.165, 1.54) is 33.1 Å². The summed E-state index contributed by atoms with van der Waals surface area (Å²) in [6, 6.07) is 12.7. The van der Waals surface area contributed by atoms with E-state index in [0.29, 0.717) is 11.9 Å². The van der Waals surface area contributed by atoms with Crippen molar-refractivity contribution in [1.82, 2.24) is 10.3 Å². The van der Waals surface area contributed by atoms with Crippen molar-refractivity contribution in [3.05, 3.63) is 59.4 Å². The van der Waals surface area contributed by atoms with Gasteiger partial charge in [0, 0.05) is 7.11 Å². The second kappa shape index (κ2) is 14.4. The highest BCUT2D eigenvalue weighted by Gasteiger charge is 2.59. The average molecular weight is 611 g/mol. The van der Waals surface area contributed by atoms with Crippen LogP contribution in [0, 0.1) is 22.7 Å². The Morgan fingerprint density at radius 3 is 2.55 bits per heavy atom. The standard InChI is InChI=1S/C30H38N6O8/c1-17(2)23(33)27(39)43-24-20(14-42-22(37)13-18-9-7-6-8-10-18)44-30(15-31,25(24)38)21-12-11-19(35-21)26(34-16-32)36-28(40)29(3,4)41-5/h6-12,16-17,20,23-25,35,38H,13-14,33H2,1-5H3,(H2,32,34,36,40)/t20-,23-,24-,25-,30+/m1/s1. The van der Waals surface area contributed by atoms with E-state index in [1.54, 1.807) is 38.1 Å². The molecule has 14 heteroatoms. The lowest BCUT2D eigenvalue weighted by atomic mass is 9.92. The fourth-order valence-corrected chi connectivity index (χ4v) is 4.26. The second-order valence-corrected chi connectivity index (χ2v) is 11.0. The van der Waals surface area contributed by atoms with E-state index < -0.39 is 60.0 Å². The predicted molar refractivity (Wildman–Crippen MR) is 157 cm³/mol. The molecule has 3 rings (SSSR count). The van der Waals surface area contributed by atoms with Crippen molar-refractivity contribution in [2.24, 2.45) is 16.6 Å². The topological polar surface area (TPSA) is 222 Å². The SMILES string of the molecule is COC(C)(C)C(=O)NC(=NC=N)c1ccc([C@]2(C#N)O[C@H](COC(=O)Cc3ccccc3)[C@@H](OC(=O)[C@H](N)C(C)C)[C@H]2O)[nH]1. The molecule has 0 saturated carbocycles. The summed E-state index contributed by atoms with van der Waals surface area (Å²) in [5, 5.41) is 31.8. The lowest BCUT2D eigenvalue weighted by Crippen LogP contribution is -2.47. The molecule has 1 aliphatic heterocycles. The largest absolute Gasteiger partial charge is 0.463 e. The fourth-order valence-electron chi connectivity index (χ4n) is 4.26. The summed E-state index contributed by atoms with van der Waals surface area (Å²) < 4.78 is 22.2. The summed E-state index contributed by atoms with van der Waals surface area (Å²) in [4.78, 5) is 44.9. The van der Waals surface area contributed by atoms with Crippen molar-refractivity contribution in [1.29, 1.82) is 10.7 Å². The van der Waals surface area contributed by atoms with Gasteiger partial charge in [0.05, 0.1) is 17.8 Å². The molecule has 1 aromatic heterocycles. The highest BCUT2D eigenvalue weighted by Crippen LogP contribution is 2.41.